The Bertz CT molecular complexity index is 1540. The number of hydrogen-bond acceptors (Lipinski definition) is 4. The van der Waals surface area contributed by atoms with E-state index in [1.807, 2.05) is 55.5 Å². The van der Waals surface area contributed by atoms with E-state index in [1.54, 1.807) is 12.1 Å². The van der Waals surface area contributed by atoms with E-state index >= 15 is 0 Å². The molecule has 0 radical (unpaired) electrons. The van der Waals surface area contributed by atoms with Crippen LogP contribution in [0, 0.1) is 21.8 Å². The minimum atomic E-state index is -0.462. The van der Waals surface area contributed by atoms with Crippen LogP contribution in [0.4, 0.5) is 5.69 Å². The summed E-state index contributed by atoms with van der Waals surface area (Å²) in [4.78, 5) is 12.8. The van der Waals surface area contributed by atoms with E-state index in [4.69, 9.17) is 9.47 Å². The number of amides is 1. The molecule has 0 bridgehead atoms. The molecular weight excluding hydrogens is 587 g/mol. The Labute approximate surface area is 237 Å². The van der Waals surface area contributed by atoms with Gasteiger partial charge < -0.3 is 14.8 Å². The van der Waals surface area contributed by atoms with Crippen LogP contribution < -0.4 is 14.8 Å². The van der Waals surface area contributed by atoms with Crippen LogP contribution in [0.2, 0.25) is 0 Å². The zero-order valence-corrected chi connectivity index (χ0v) is 23.8. The molecule has 0 saturated carbocycles. The van der Waals surface area contributed by atoms with E-state index in [1.165, 1.54) is 10.9 Å². The molecule has 38 heavy (non-hydrogen) atoms. The van der Waals surface area contributed by atoms with Crippen LogP contribution >= 0.6 is 22.6 Å². The van der Waals surface area contributed by atoms with Crippen LogP contribution in [0.3, 0.4) is 0 Å². The first-order valence-electron chi connectivity index (χ1n) is 12.5. The first-order valence-corrected chi connectivity index (χ1v) is 13.6. The lowest BCUT2D eigenvalue weighted by atomic mass is 10.0. The maximum atomic E-state index is 12.8. The summed E-state index contributed by atoms with van der Waals surface area (Å²) in [5.41, 5.74) is 4.79. The van der Waals surface area contributed by atoms with Crippen LogP contribution in [0.1, 0.15) is 36.1 Å². The van der Waals surface area contributed by atoms with Gasteiger partial charge in [0.1, 0.15) is 18.2 Å². The second-order valence-electron chi connectivity index (χ2n) is 8.81. The molecule has 0 spiro atoms. The summed E-state index contributed by atoms with van der Waals surface area (Å²) in [6, 6.07) is 25.8. The lowest BCUT2D eigenvalue weighted by molar-refractivity contribution is -0.112. The highest BCUT2D eigenvalue weighted by Gasteiger charge is 2.16. The minimum absolute atomic E-state index is 0.00265. The number of carbonyl (C=O) groups is 1. The standard InChI is InChI=1S/C32H29IN2O3/c1-4-22-11-14-26(15-12-22)35-32(36)25(19-34)16-23-17-29(33)31(30(18-23)37-5-2)38-20-28-21(3)10-13-24-8-6-7-9-27(24)28/h6-18H,4-5,20H2,1-3H3,(H,35,36)/b25-16+. The van der Waals surface area contributed by atoms with Crippen molar-refractivity contribution in [1.82, 2.24) is 0 Å². The van der Waals surface area contributed by atoms with Crippen molar-refractivity contribution in [3.63, 3.8) is 0 Å². The zero-order chi connectivity index (χ0) is 27.1. The minimum Gasteiger partial charge on any atom is -0.490 e. The topological polar surface area (TPSA) is 71.3 Å². The molecule has 1 amide bonds. The fourth-order valence-corrected chi connectivity index (χ4v) is 4.97. The summed E-state index contributed by atoms with van der Waals surface area (Å²) in [7, 11) is 0. The van der Waals surface area contributed by atoms with Crippen LogP contribution in [-0.4, -0.2) is 12.5 Å². The predicted octanol–water partition coefficient (Wildman–Crippen LogP) is 7.84. The van der Waals surface area contributed by atoms with Gasteiger partial charge in [-0.15, -0.1) is 0 Å². The molecule has 0 aliphatic rings. The number of halogens is 1. The predicted molar refractivity (Wildman–Crippen MR) is 161 cm³/mol. The quantitative estimate of drug-likeness (QED) is 0.118. The van der Waals surface area contributed by atoms with Gasteiger partial charge in [-0.2, -0.15) is 5.26 Å². The Kier molecular flexibility index (Phi) is 9.03. The molecule has 0 aliphatic heterocycles. The molecule has 0 aromatic heterocycles. The normalized spacial score (nSPS) is 11.2. The van der Waals surface area contributed by atoms with Crippen molar-refractivity contribution in [1.29, 1.82) is 5.26 Å². The molecule has 192 valence electrons. The number of anilines is 1. The van der Waals surface area contributed by atoms with E-state index in [-0.39, 0.29) is 5.57 Å². The van der Waals surface area contributed by atoms with Gasteiger partial charge in [-0.3, -0.25) is 4.79 Å². The van der Waals surface area contributed by atoms with Gasteiger partial charge in [0, 0.05) is 11.3 Å². The number of benzene rings is 4. The third-order valence-electron chi connectivity index (χ3n) is 6.26. The summed E-state index contributed by atoms with van der Waals surface area (Å²) in [5.74, 6) is 0.740. The molecule has 0 fully saturated rings. The second kappa shape index (κ2) is 12.6. The Morgan fingerprint density at radius 1 is 1.03 bits per heavy atom. The van der Waals surface area contributed by atoms with E-state index in [9.17, 15) is 10.1 Å². The smallest absolute Gasteiger partial charge is 0.266 e. The molecule has 5 nitrogen and oxygen atoms in total. The molecule has 0 saturated heterocycles. The molecule has 6 heteroatoms. The summed E-state index contributed by atoms with van der Waals surface area (Å²) in [6.07, 6.45) is 2.48. The van der Waals surface area contributed by atoms with E-state index < -0.39 is 5.91 Å². The summed E-state index contributed by atoms with van der Waals surface area (Å²) in [6.45, 7) is 6.91. The van der Waals surface area contributed by atoms with Crippen molar-refractivity contribution in [2.24, 2.45) is 0 Å². The molecular formula is C32H29IN2O3. The number of nitriles is 1. The average Bonchev–Trinajstić information content (AvgIpc) is 2.92. The Balaban J connectivity index is 1.59. The largest absolute Gasteiger partial charge is 0.490 e. The van der Waals surface area contributed by atoms with Gasteiger partial charge >= 0.3 is 0 Å². The molecule has 1 N–H and O–H groups in total. The average molecular weight is 616 g/mol. The number of nitrogens with zero attached hydrogens (tertiary/aromatic N) is 1. The molecule has 4 rings (SSSR count). The van der Waals surface area contributed by atoms with E-state index in [0.29, 0.717) is 36.0 Å². The second-order valence-corrected chi connectivity index (χ2v) is 9.97. The fraction of sp³-hybridized carbons (Fsp3) is 0.188. The van der Waals surface area contributed by atoms with Gasteiger partial charge in [-0.25, -0.2) is 0 Å². The van der Waals surface area contributed by atoms with Gasteiger partial charge in [0.2, 0.25) is 0 Å². The van der Waals surface area contributed by atoms with Crippen molar-refractivity contribution in [3.05, 3.63) is 104 Å². The number of fused-ring (bicyclic) bond motifs is 1. The van der Waals surface area contributed by atoms with Crippen LogP contribution in [-0.2, 0) is 17.8 Å². The maximum absolute atomic E-state index is 12.8. The number of carbonyl (C=O) groups excluding carboxylic acids is 1. The van der Waals surface area contributed by atoms with Crippen molar-refractivity contribution >= 4 is 51.0 Å². The summed E-state index contributed by atoms with van der Waals surface area (Å²) in [5, 5.41) is 14.8. The molecule has 0 aliphatic carbocycles. The van der Waals surface area contributed by atoms with E-state index in [0.717, 1.165) is 26.5 Å². The summed E-state index contributed by atoms with van der Waals surface area (Å²) < 4.78 is 13.1. The first-order chi connectivity index (χ1) is 18.4. The van der Waals surface area contributed by atoms with Crippen molar-refractivity contribution in [2.75, 3.05) is 11.9 Å². The number of aryl methyl sites for hydroxylation is 2. The Morgan fingerprint density at radius 3 is 2.50 bits per heavy atom. The van der Waals surface area contributed by atoms with Crippen molar-refractivity contribution < 1.29 is 14.3 Å². The Hall–Kier alpha value is -3.83. The van der Waals surface area contributed by atoms with Crippen molar-refractivity contribution in [2.45, 2.75) is 33.8 Å². The van der Waals surface area contributed by atoms with Crippen LogP contribution in [0.15, 0.2) is 78.4 Å². The van der Waals surface area contributed by atoms with Crippen LogP contribution in [0.5, 0.6) is 11.5 Å². The first kappa shape index (κ1) is 27.2. The monoisotopic (exact) mass is 616 g/mol. The van der Waals surface area contributed by atoms with Gasteiger partial charge in [-0.05, 0) is 101 Å². The molecule has 4 aromatic carbocycles. The highest BCUT2D eigenvalue weighted by Crippen LogP contribution is 2.36. The third kappa shape index (κ3) is 6.35. The molecule has 0 unspecified atom stereocenters. The summed E-state index contributed by atoms with van der Waals surface area (Å²) >= 11 is 2.20. The molecule has 4 aromatic rings. The zero-order valence-electron chi connectivity index (χ0n) is 21.7. The van der Waals surface area contributed by atoms with Crippen molar-refractivity contribution in [3.8, 4) is 17.6 Å². The number of rotatable bonds is 9. The highest BCUT2D eigenvalue weighted by molar-refractivity contribution is 14.1. The lowest BCUT2D eigenvalue weighted by Gasteiger charge is -2.17. The Morgan fingerprint density at radius 2 is 1.79 bits per heavy atom. The SMILES string of the molecule is CCOc1cc(/C=C(\C#N)C(=O)Nc2ccc(CC)cc2)cc(I)c1OCc1c(C)ccc2ccccc12. The van der Waals surface area contributed by atoms with Gasteiger partial charge in [0.05, 0.1) is 10.2 Å². The van der Waals surface area contributed by atoms with E-state index in [2.05, 4.69) is 66.0 Å². The van der Waals surface area contributed by atoms with Gasteiger partial charge in [0.15, 0.2) is 11.5 Å². The number of ether oxygens (including phenoxy) is 2. The number of nitrogens with one attached hydrogen (secondary N) is 1. The lowest BCUT2D eigenvalue weighted by Crippen LogP contribution is -2.13. The highest BCUT2D eigenvalue weighted by atomic mass is 127. The number of hydrogen-bond donors (Lipinski definition) is 1. The fourth-order valence-electron chi connectivity index (χ4n) is 4.19. The van der Waals surface area contributed by atoms with Crippen LogP contribution in [0.25, 0.3) is 16.8 Å². The molecule has 0 heterocycles. The maximum Gasteiger partial charge on any atom is 0.266 e. The molecule has 0 atom stereocenters. The van der Waals surface area contributed by atoms with Gasteiger partial charge in [-0.1, -0.05) is 55.5 Å². The third-order valence-corrected chi connectivity index (χ3v) is 7.06. The van der Waals surface area contributed by atoms with Gasteiger partial charge in [0.25, 0.3) is 5.91 Å².